The molecule has 0 saturated heterocycles. The SMILES string of the molecule is Cc1oc(CCNC(=O)OCc2ccccc2)nc1C(C)(C)O. The van der Waals surface area contributed by atoms with Gasteiger partial charge < -0.3 is 19.6 Å². The van der Waals surface area contributed by atoms with Gasteiger partial charge in [0.25, 0.3) is 0 Å². The van der Waals surface area contributed by atoms with E-state index >= 15 is 0 Å². The van der Waals surface area contributed by atoms with Crippen LogP contribution < -0.4 is 5.32 Å². The van der Waals surface area contributed by atoms with E-state index in [9.17, 15) is 9.90 Å². The fourth-order valence-electron chi connectivity index (χ4n) is 2.17. The number of carbonyl (C=O) groups excluding carboxylic acids is 1. The Hall–Kier alpha value is -2.34. The van der Waals surface area contributed by atoms with Gasteiger partial charge in [0.15, 0.2) is 5.89 Å². The predicted molar refractivity (Wildman–Crippen MR) is 84.8 cm³/mol. The number of oxazole rings is 1. The Morgan fingerprint density at radius 3 is 2.65 bits per heavy atom. The van der Waals surface area contributed by atoms with Crippen LogP contribution in [0, 0.1) is 6.92 Å². The Morgan fingerprint density at radius 1 is 1.35 bits per heavy atom. The highest BCUT2D eigenvalue weighted by Crippen LogP contribution is 2.23. The number of alkyl carbamates (subject to hydrolysis) is 1. The summed E-state index contributed by atoms with van der Waals surface area (Å²) >= 11 is 0. The molecule has 0 unspecified atom stereocenters. The highest BCUT2D eigenvalue weighted by Gasteiger charge is 2.24. The largest absolute Gasteiger partial charge is 0.446 e. The number of rotatable bonds is 6. The van der Waals surface area contributed by atoms with E-state index in [1.165, 1.54) is 0 Å². The van der Waals surface area contributed by atoms with E-state index in [0.29, 0.717) is 30.3 Å². The zero-order valence-electron chi connectivity index (χ0n) is 13.6. The van der Waals surface area contributed by atoms with Gasteiger partial charge in [-0.05, 0) is 26.3 Å². The first kappa shape index (κ1) is 17.0. The number of ether oxygens (including phenoxy) is 1. The molecule has 0 radical (unpaired) electrons. The van der Waals surface area contributed by atoms with Crippen molar-refractivity contribution in [3.63, 3.8) is 0 Å². The number of benzene rings is 1. The molecule has 1 aromatic carbocycles. The van der Waals surface area contributed by atoms with Gasteiger partial charge in [0.2, 0.25) is 0 Å². The van der Waals surface area contributed by atoms with Crippen LogP contribution in [0.25, 0.3) is 0 Å². The van der Waals surface area contributed by atoms with E-state index in [1.807, 2.05) is 30.3 Å². The maximum Gasteiger partial charge on any atom is 0.407 e. The van der Waals surface area contributed by atoms with Gasteiger partial charge in [-0.15, -0.1) is 0 Å². The minimum Gasteiger partial charge on any atom is -0.446 e. The van der Waals surface area contributed by atoms with Crippen LogP contribution in [0.3, 0.4) is 0 Å². The number of aryl methyl sites for hydroxylation is 1. The molecule has 2 aromatic rings. The lowest BCUT2D eigenvalue weighted by Gasteiger charge is -2.13. The van der Waals surface area contributed by atoms with Crippen LogP contribution in [0.5, 0.6) is 0 Å². The summed E-state index contributed by atoms with van der Waals surface area (Å²) in [6.45, 7) is 5.64. The molecule has 0 aliphatic rings. The highest BCUT2D eigenvalue weighted by atomic mass is 16.5. The summed E-state index contributed by atoms with van der Waals surface area (Å²) in [5.41, 5.74) is 0.397. The molecule has 0 aliphatic heterocycles. The third-order valence-corrected chi connectivity index (χ3v) is 3.24. The van der Waals surface area contributed by atoms with Crippen LogP contribution in [0.1, 0.15) is 36.8 Å². The molecule has 23 heavy (non-hydrogen) atoms. The first-order valence-corrected chi connectivity index (χ1v) is 7.50. The fraction of sp³-hybridized carbons (Fsp3) is 0.412. The summed E-state index contributed by atoms with van der Waals surface area (Å²) in [5.74, 6) is 1.06. The van der Waals surface area contributed by atoms with Gasteiger partial charge in [0.05, 0.1) is 0 Å². The Bertz CT molecular complexity index is 644. The van der Waals surface area contributed by atoms with Crippen molar-refractivity contribution in [2.75, 3.05) is 6.54 Å². The molecular weight excluding hydrogens is 296 g/mol. The van der Waals surface area contributed by atoms with Crippen LogP contribution in [-0.4, -0.2) is 22.7 Å². The van der Waals surface area contributed by atoms with Crippen molar-refractivity contribution in [1.29, 1.82) is 0 Å². The van der Waals surface area contributed by atoms with Crippen LogP contribution in [0.2, 0.25) is 0 Å². The zero-order chi connectivity index (χ0) is 16.9. The molecule has 0 spiro atoms. The summed E-state index contributed by atoms with van der Waals surface area (Å²) in [7, 11) is 0. The van der Waals surface area contributed by atoms with Gasteiger partial charge in [-0.25, -0.2) is 9.78 Å². The van der Waals surface area contributed by atoms with Gasteiger partial charge in [0, 0.05) is 13.0 Å². The highest BCUT2D eigenvalue weighted by molar-refractivity contribution is 5.67. The molecule has 6 nitrogen and oxygen atoms in total. The number of hydrogen-bond acceptors (Lipinski definition) is 5. The van der Waals surface area contributed by atoms with Gasteiger partial charge in [0.1, 0.15) is 23.7 Å². The molecule has 0 saturated carbocycles. The van der Waals surface area contributed by atoms with Crippen molar-refractivity contribution < 1.29 is 19.1 Å². The van der Waals surface area contributed by atoms with Gasteiger partial charge >= 0.3 is 6.09 Å². The zero-order valence-corrected chi connectivity index (χ0v) is 13.6. The van der Waals surface area contributed by atoms with Crippen molar-refractivity contribution in [1.82, 2.24) is 10.3 Å². The first-order valence-electron chi connectivity index (χ1n) is 7.50. The van der Waals surface area contributed by atoms with Crippen molar-refractivity contribution in [3.8, 4) is 0 Å². The van der Waals surface area contributed by atoms with Crippen molar-refractivity contribution in [2.45, 2.75) is 39.4 Å². The second-order valence-electron chi connectivity index (χ2n) is 5.81. The number of nitrogens with zero attached hydrogens (tertiary/aromatic N) is 1. The average Bonchev–Trinajstić information content (AvgIpc) is 2.87. The molecule has 1 aromatic heterocycles. The minimum absolute atomic E-state index is 0.230. The molecular formula is C17H22N2O4. The topological polar surface area (TPSA) is 84.6 Å². The molecule has 2 rings (SSSR count). The maximum atomic E-state index is 11.6. The van der Waals surface area contributed by atoms with Gasteiger partial charge in [-0.2, -0.15) is 0 Å². The molecule has 0 atom stereocenters. The predicted octanol–water partition coefficient (Wildman–Crippen LogP) is 2.68. The van der Waals surface area contributed by atoms with E-state index in [4.69, 9.17) is 9.15 Å². The Kier molecular flexibility index (Phi) is 5.39. The second kappa shape index (κ2) is 7.28. The Balaban J connectivity index is 1.75. The van der Waals surface area contributed by atoms with E-state index in [-0.39, 0.29) is 6.61 Å². The molecule has 6 heteroatoms. The van der Waals surface area contributed by atoms with Crippen molar-refractivity contribution in [3.05, 3.63) is 53.2 Å². The summed E-state index contributed by atoms with van der Waals surface area (Å²) in [6.07, 6.45) is -0.0583. The molecule has 2 N–H and O–H groups in total. The monoisotopic (exact) mass is 318 g/mol. The van der Waals surface area contributed by atoms with Crippen LogP contribution in [0.15, 0.2) is 34.7 Å². The van der Waals surface area contributed by atoms with Crippen LogP contribution in [0.4, 0.5) is 4.79 Å². The third-order valence-electron chi connectivity index (χ3n) is 3.24. The minimum atomic E-state index is -1.05. The van der Waals surface area contributed by atoms with Crippen LogP contribution >= 0.6 is 0 Å². The lowest BCUT2D eigenvalue weighted by Crippen LogP contribution is -2.26. The smallest absolute Gasteiger partial charge is 0.407 e. The lowest BCUT2D eigenvalue weighted by atomic mass is 10.0. The summed E-state index contributed by atoms with van der Waals surface area (Å²) in [4.78, 5) is 15.9. The molecule has 0 aliphatic carbocycles. The number of hydrogen-bond donors (Lipinski definition) is 2. The van der Waals surface area contributed by atoms with Crippen LogP contribution in [-0.2, 0) is 23.4 Å². The van der Waals surface area contributed by atoms with Gasteiger partial charge in [-0.1, -0.05) is 30.3 Å². The summed E-state index contributed by atoms with van der Waals surface area (Å²) in [6, 6.07) is 9.47. The maximum absolute atomic E-state index is 11.6. The first-order chi connectivity index (χ1) is 10.9. The second-order valence-corrected chi connectivity index (χ2v) is 5.81. The lowest BCUT2D eigenvalue weighted by molar-refractivity contribution is 0.0728. The van der Waals surface area contributed by atoms with E-state index in [0.717, 1.165) is 5.56 Å². The molecule has 1 amide bonds. The van der Waals surface area contributed by atoms with Crippen molar-refractivity contribution in [2.24, 2.45) is 0 Å². The molecule has 1 heterocycles. The number of nitrogens with one attached hydrogen (secondary N) is 1. The average molecular weight is 318 g/mol. The van der Waals surface area contributed by atoms with E-state index in [1.54, 1.807) is 20.8 Å². The molecule has 124 valence electrons. The number of amides is 1. The number of aromatic nitrogens is 1. The standard InChI is InChI=1S/C17H22N2O4/c1-12-15(17(2,3)21)19-14(23-12)9-10-18-16(20)22-11-13-7-5-4-6-8-13/h4-8,21H,9-11H2,1-3H3,(H,18,20). The normalized spacial score (nSPS) is 11.3. The Labute approximate surface area is 135 Å². The third kappa shape index (κ3) is 5.10. The van der Waals surface area contributed by atoms with Gasteiger partial charge in [-0.3, -0.25) is 0 Å². The van der Waals surface area contributed by atoms with E-state index in [2.05, 4.69) is 10.3 Å². The number of carbonyl (C=O) groups is 1. The van der Waals surface area contributed by atoms with Crippen molar-refractivity contribution >= 4 is 6.09 Å². The Morgan fingerprint density at radius 2 is 2.04 bits per heavy atom. The molecule has 0 bridgehead atoms. The summed E-state index contributed by atoms with van der Waals surface area (Å²) in [5, 5.41) is 12.6. The quantitative estimate of drug-likeness (QED) is 0.855. The van der Waals surface area contributed by atoms with E-state index < -0.39 is 11.7 Å². The molecule has 0 fully saturated rings. The fourth-order valence-corrected chi connectivity index (χ4v) is 2.17. The summed E-state index contributed by atoms with van der Waals surface area (Å²) < 4.78 is 10.6. The number of aliphatic hydroxyl groups is 1.